The summed E-state index contributed by atoms with van der Waals surface area (Å²) >= 11 is 0. The van der Waals surface area contributed by atoms with E-state index in [1.54, 1.807) is 0 Å². The number of amides is 2. The standard InChI is InChI=1S/C30H36N2O2/c1-21(2)25-17-11-18-26(22(3)4)30(25)32-28(34)20-12-19-27(33)31-29(23-13-7-5-8-14-23)24-15-9-6-10-16-24/h5-11,13-18,21-22,29H,12,19-20H2,1-4H3,(H,31,33)(H,32,34). The van der Waals surface area contributed by atoms with E-state index in [0.29, 0.717) is 31.1 Å². The fourth-order valence-electron chi connectivity index (χ4n) is 4.19. The van der Waals surface area contributed by atoms with E-state index in [-0.39, 0.29) is 17.9 Å². The third-order valence-electron chi connectivity index (χ3n) is 6.02. The Morgan fingerprint density at radius 3 is 1.59 bits per heavy atom. The monoisotopic (exact) mass is 456 g/mol. The van der Waals surface area contributed by atoms with Gasteiger partial charge >= 0.3 is 0 Å². The van der Waals surface area contributed by atoms with Crippen molar-refractivity contribution < 1.29 is 9.59 Å². The van der Waals surface area contributed by atoms with E-state index in [1.807, 2.05) is 60.7 Å². The Hall–Kier alpha value is -3.40. The molecule has 2 amide bonds. The number of carbonyl (C=O) groups excluding carboxylic acids is 2. The van der Waals surface area contributed by atoms with Crippen LogP contribution in [0.2, 0.25) is 0 Å². The van der Waals surface area contributed by atoms with Crippen molar-refractivity contribution in [3.63, 3.8) is 0 Å². The third-order valence-corrected chi connectivity index (χ3v) is 6.02. The summed E-state index contributed by atoms with van der Waals surface area (Å²) in [5, 5.41) is 6.29. The van der Waals surface area contributed by atoms with Gasteiger partial charge in [-0.2, -0.15) is 0 Å². The van der Waals surface area contributed by atoms with Gasteiger partial charge in [-0.15, -0.1) is 0 Å². The van der Waals surface area contributed by atoms with Crippen LogP contribution in [0.5, 0.6) is 0 Å². The molecule has 0 heterocycles. The Kier molecular flexibility index (Phi) is 9.03. The van der Waals surface area contributed by atoms with Gasteiger partial charge in [0.2, 0.25) is 11.8 Å². The van der Waals surface area contributed by atoms with Crippen molar-refractivity contribution in [2.24, 2.45) is 0 Å². The second-order valence-electron chi connectivity index (χ2n) is 9.34. The summed E-state index contributed by atoms with van der Waals surface area (Å²) < 4.78 is 0. The Labute approximate surface area is 203 Å². The van der Waals surface area contributed by atoms with Crippen molar-refractivity contribution in [3.8, 4) is 0 Å². The first-order chi connectivity index (χ1) is 16.4. The number of benzene rings is 3. The molecule has 0 aliphatic carbocycles. The fourth-order valence-corrected chi connectivity index (χ4v) is 4.19. The fraction of sp³-hybridized carbons (Fsp3) is 0.333. The number of para-hydroxylation sites is 1. The predicted octanol–water partition coefficient (Wildman–Crippen LogP) is 6.95. The van der Waals surface area contributed by atoms with Crippen molar-refractivity contribution >= 4 is 17.5 Å². The molecule has 0 fully saturated rings. The highest BCUT2D eigenvalue weighted by Crippen LogP contribution is 2.32. The minimum atomic E-state index is -0.213. The summed E-state index contributed by atoms with van der Waals surface area (Å²) in [6, 6.07) is 25.9. The first-order valence-corrected chi connectivity index (χ1v) is 12.2. The van der Waals surface area contributed by atoms with E-state index in [1.165, 1.54) is 0 Å². The molecule has 34 heavy (non-hydrogen) atoms. The summed E-state index contributed by atoms with van der Waals surface area (Å²) in [4.78, 5) is 25.5. The molecule has 0 radical (unpaired) electrons. The van der Waals surface area contributed by atoms with Crippen LogP contribution in [0.3, 0.4) is 0 Å². The molecule has 178 valence electrons. The van der Waals surface area contributed by atoms with Crippen molar-refractivity contribution in [2.75, 3.05) is 5.32 Å². The van der Waals surface area contributed by atoms with E-state index >= 15 is 0 Å². The first-order valence-electron chi connectivity index (χ1n) is 12.2. The van der Waals surface area contributed by atoms with Crippen LogP contribution in [0.15, 0.2) is 78.9 Å². The number of anilines is 1. The van der Waals surface area contributed by atoms with Crippen LogP contribution in [0, 0.1) is 0 Å². The summed E-state index contributed by atoms with van der Waals surface area (Å²) in [7, 11) is 0. The second-order valence-corrected chi connectivity index (χ2v) is 9.34. The lowest BCUT2D eigenvalue weighted by atomic mass is 9.92. The van der Waals surface area contributed by atoms with Crippen molar-refractivity contribution in [2.45, 2.75) is 64.8 Å². The van der Waals surface area contributed by atoms with Crippen molar-refractivity contribution in [1.82, 2.24) is 5.32 Å². The molecule has 0 unspecified atom stereocenters. The zero-order chi connectivity index (χ0) is 24.5. The van der Waals surface area contributed by atoms with Crippen molar-refractivity contribution in [1.29, 1.82) is 0 Å². The molecule has 3 aromatic carbocycles. The molecular formula is C30H36N2O2. The van der Waals surface area contributed by atoms with Gasteiger partial charge < -0.3 is 10.6 Å². The summed E-state index contributed by atoms with van der Waals surface area (Å²) in [6.45, 7) is 8.54. The number of hydrogen-bond donors (Lipinski definition) is 2. The lowest BCUT2D eigenvalue weighted by molar-refractivity contribution is -0.121. The zero-order valence-electron chi connectivity index (χ0n) is 20.7. The minimum absolute atomic E-state index is 0.0505. The second kappa shape index (κ2) is 12.2. The molecule has 0 aliphatic rings. The third kappa shape index (κ3) is 6.80. The topological polar surface area (TPSA) is 58.2 Å². The molecule has 0 aromatic heterocycles. The largest absolute Gasteiger partial charge is 0.345 e. The number of nitrogens with one attached hydrogen (secondary N) is 2. The van der Waals surface area contributed by atoms with E-state index in [0.717, 1.165) is 27.9 Å². The van der Waals surface area contributed by atoms with Crippen LogP contribution in [0.4, 0.5) is 5.69 Å². The molecule has 2 N–H and O–H groups in total. The maximum Gasteiger partial charge on any atom is 0.224 e. The summed E-state index contributed by atoms with van der Waals surface area (Å²) in [5.41, 5.74) is 5.28. The minimum Gasteiger partial charge on any atom is -0.345 e. The molecule has 0 saturated carbocycles. The van der Waals surface area contributed by atoms with E-state index in [9.17, 15) is 9.59 Å². The Bertz CT molecular complexity index is 1010. The average molecular weight is 457 g/mol. The van der Waals surface area contributed by atoms with Crippen LogP contribution in [-0.2, 0) is 9.59 Å². The first kappa shape index (κ1) is 25.2. The molecule has 0 atom stereocenters. The van der Waals surface area contributed by atoms with Crippen LogP contribution in [0.25, 0.3) is 0 Å². The maximum atomic E-state index is 12.8. The quantitative estimate of drug-likeness (QED) is 0.347. The maximum absolute atomic E-state index is 12.8. The molecule has 4 heteroatoms. The molecule has 3 rings (SSSR count). The summed E-state index contributed by atoms with van der Waals surface area (Å²) in [5.74, 6) is 0.516. The molecule has 4 nitrogen and oxygen atoms in total. The van der Waals surface area contributed by atoms with Gasteiger partial charge in [0.15, 0.2) is 0 Å². The number of carbonyl (C=O) groups is 2. The Morgan fingerprint density at radius 1 is 0.647 bits per heavy atom. The van der Waals surface area contributed by atoms with E-state index in [2.05, 4.69) is 56.5 Å². The normalized spacial score (nSPS) is 11.1. The van der Waals surface area contributed by atoms with Crippen molar-refractivity contribution in [3.05, 3.63) is 101 Å². The molecular weight excluding hydrogens is 420 g/mol. The molecule has 0 bridgehead atoms. The van der Waals surface area contributed by atoms with Crippen LogP contribution >= 0.6 is 0 Å². The van der Waals surface area contributed by atoms with Gasteiger partial charge in [0.25, 0.3) is 0 Å². The molecule has 0 saturated heterocycles. The molecule has 0 aliphatic heterocycles. The SMILES string of the molecule is CC(C)c1cccc(C(C)C)c1NC(=O)CCCC(=O)NC(c1ccccc1)c1ccccc1. The van der Waals surface area contributed by atoms with Gasteiger partial charge in [-0.1, -0.05) is 107 Å². The van der Waals surface area contributed by atoms with Crippen LogP contribution < -0.4 is 10.6 Å². The van der Waals surface area contributed by atoms with Gasteiger partial charge in [0, 0.05) is 18.5 Å². The summed E-state index contributed by atoms with van der Waals surface area (Å²) in [6.07, 6.45) is 1.10. The van der Waals surface area contributed by atoms with E-state index in [4.69, 9.17) is 0 Å². The number of hydrogen-bond acceptors (Lipinski definition) is 2. The van der Waals surface area contributed by atoms with Gasteiger partial charge in [-0.25, -0.2) is 0 Å². The van der Waals surface area contributed by atoms with E-state index < -0.39 is 0 Å². The molecule has 0 spiro atoms. The van der Waals surface area contributed by atoms with Crippen LogP contribution in [0.1, 0.15) is 87.1 Å². The van der Waals surface area contributed by atoms with Crippen LogP contribution in [-0.4, -0.2) is 11.8 Å². The lowest BCUT2D eigenvalue weighted by Gasteiger charge is -2.21. The van der Waals surface area contributed by atoms with Gasteiger partial charge in [0.05, 0.1) is 6.04 Å². The smallest absolute Gasteiger partial charge is 0.224 e. The van der Waals surface area contributed by atoms with Gasteiger partial charge in [0.1, 0.15) is 0 Å². The highest BCUT2D eigenvalue weighted by molar-refractivity contribution is 5.93. The predicted molar refractivity (Wildman–Crippen MR) is 140 cm³/mol. The average Bonchev–Trinajstić information content (AvgIpc) is 2.83. The van der Waals surface area contributed by atoms with Gasteiger partial charge in [-0.3, -0.25) is 9.59 Å². The Morgan fingerprint density at radius 2 is 1.12 bits per heavy atom. The lowest BCUT2D eigenvalue weighted by Crippen LogP contribution is -2.29. The highest BCUT2D eigenvalue weighted by Gasteiger charge is 2.18. The highest BCUT2D eigenvalue weighted by atomic mass is 16.2. The Balaban J connectivity index is 1.60. The molecule has 3 aromatic rings. The number of rotatable bonds is 10. The van der Waals surface area contributed by atoms with Gasteiger partial charge in [-0.05, 0) is 40.5 Å². The zero-order valence-corrected chi connectivity index (χ0v) is 20.7.